The smallest absolute Gasteiger partial charge is 0.150 e. The minimum atomic E-state index is -0.583. The standard InChI is InChI=1S/C15H28O9/c1-11-13(21-8-17-3)15(23-10-19-5)14(22-9-18-4)12(24-11)6-20-7-16-2/h12-15H,1,6-10H2,2-5H3/t12?,13?,14-,15-/m0/s1. The molecule has 0 aromatic carbocycles. The molecule has 2 unspecified atom stereocenters. The molecular formula is C15H28O9. The number of hydrogen-bond donors (Lipinski definition) is 0. The average molecular weight is 352 g/mol. The first kappa shape index (κ1) is 21.3. The SMILES string of the molecule is C=C1OC(COCOC)[C@H](OCOC)[C@@H](OCOC)C1OCOC. The summed E-state index contributed by atoms with van der Waals surface area (Å²) >= 11 is 0. The minimum Gasteiger partial charge on any atom is -0.487 e. The van der Waals surface area contributed by atoms with Gasteiger partial charge in [-0.25, -0.2) is 0 Å². The van der Waals surface area contributed by atoms with Crippen LogP contribution in [0.3, 0.4) is 0 Å². The third kappa shape index (κ3) is 6.61. The van der Waals surface area contributed by atoms with E-state index in [1.807, 2.05) is 0 Å². The first-order valence-electron chi connectivity index (χ1n) is 7.43. The van der Waals surface area contributed by atoms with Crippen LogP contribution in [0, 0.1) is 0 Å². The quantitative estimate of drug-likeness (QED) is 0.347. The summed E-state index contributed by atoms with van der Waals surface area (Å²) in [6.45, 7) is 4.44. The minimum absolute atomic E-state index is 0.0573. The molecule has 9 nitrogen and oxygen atoms in total. The molecule has 0 bridgehead atoms. The molecule has 24 heavy (non-hydrogen) atoms. The summed E-state index contributed by atoms with van der Waals surface area (Å²) in [6.07, 6.45) is -2.11. The van der Waals surface area contributed by atoms with Crippen molar-refractivity contribution in [1.82, 2.24) is 0 Å². The Kier molecular flexibility index (Phi) is 11.1. The van der Waals surface area contributed by atoms with Crippen molar-refractivity contribution in [2.75, 3.05) is 62.2 Å². The number of rotatable bonds is 13. The summed E-state index contributed by atoms with van der Waals surface area (Å²) in [5.41, 5.74) is 0. The monoisotopic (exact) mass is 352 g/mol. The van der Waals surface area contributed by atoms with Gasteiger partial charge in [0.25, 0.3) is 0 Å². The fourth-order valence-electron chi connectivity index (χ4n) is 2.28. The van der Waals surface area contributed by atoms with Gasteiger partial charge in [0.05, 0.1) is 6.61 Å². The van der Waals surface area contributed by atoms with Gasteiger partial charge in [-0.3, -0.25) is 0 Å². The Labute approximate surface area is 142 Å². The van der Waals surface area contributed by atoms with E-state index in [0.717, 1.165) is 0 Å². The molecule has 9 heteroatoms. The van der Waals surface area contributed by atoms with Crippen LogP contribution in [0.1, 0.15) is 0 Å². The van der Waals surface area contributed by atoms with E-state index >= 15 is 0 Å². The summed E-state index contributed by atoms with van der Waals surface area (Å²) in [5.74, 6) is 0.399. The van der Waals surface area contributed by atoms with Crippen LogP contribution in [0.4, 0.5) is 0 Å². The van der Waals surface area contributed by atoms with E-state index in [0.29, 0.717) is 5.76 Å². The fraction of sp³-hybridized carbons (Fsp3) is 0.867. The molecule has 1 fully saturated rings. The Morgan fingerprint density at radius 2 is 1.33 bits per heavy atom. The van der Waals surface area contributed by atoms with Crippen molar-refractivity contribution in [3.63, 3.8) is 0 Å². The Balaban J connectivity index is 2.87. The Bertz CT molecular complexity index is 339. The van der Waals surface area contributed by atoms with Crippen molar-refractivity contribution in [3.8, 4) is 0 Å². The number of ether oxygens (including phenoxy) is 9. The van der Waals surface area contributed by atoms with Gasteiger partial charge in [0.15, 0.2) is 6.10 Å². The lowest BCUT2D eigenvalue weighted by Gasteiger charge is -2.42. The molecule has 1 heterocycles. The lowest BCUT2D eigenvalue weighted by atomic mass is 9.98. The normalized spacial score (nSPS) is 27.2. The molecule has 142 valence electrons. The van der Waals surface area contributed by atoms with Gasteiger partial charge in [-0.2, -0.15) is 0 Å². The molecule has 0 N–H and O–H groups in total. The molecule has 0 amide bonds. The highest BCUT2D eigenvalue weighted by molar-refractivity contribution is 5.07. The number of hydrogen-bond acceptors (Lipinski definition) is 9. The molecule has 1 rings (SSSR count). The van der Waals surface area contributed by atoms with Gasteiger partial charge in [-0.15, -0.1) is 0 Å². The number of methoxy groups -OCH3 is 4. The highest BCUT2D eigenvalue weighted by Crippen LogP contribution is 2.30. The average Bonchev–Trinajstić information content (AvgIpc) is 2.58. The van der Waals surface area contributed by atoms with Crippen LogP contribution in [0.5, 0.6) is 0 Å². The summed E-state index contributed by atoms with van der Waals surface area (Å²) in [4.78, 5) is 0. The highest BCUT2D eigenvalue weighted by atomic mass is 16.7. The van der Waals surface area contributed by atoms with Gasteiger partial charge in [-0.05, 0) is 0 Å². The van der Waals surface area contributed by atoms with Crippen molar-refractivity contribution < 1.29 is 42.6 Å². The zero-order valence-electron chi connectivity index (χ0n) is 14.7. The third-order valence-electron chi connectivity index (χ3n) is 3.21. The lowest BCUT2D eigenvalue weighted by molar-refractivity contribution is -0.258. The maximum Gasteiger partial charge on any atom is 0.150 e. The summed E-state index contributed by atoms with van der Waals surface area (Å²) in [5, 5.41) is 0. The van der Waals surface area contributed by atoms with E-state index in [1.165, 1.54) is 21.3 Å². The van der Waals surface area contributed by atoms with Crippen LogP contribution in [-0.4, -0.2) is 86.6 Å². The fourth-order valence-corrected chi connectivity index (χ4v) is 2.28. The first-order valence-corrected chi connectivity index (χ1v) is 7.43. The topological polar surface area (TPSA) is 83.1 Å². The third-order valence-corrected chi connectivity index (χ3v) is 3.21. The van der Waals surface area contributed by atoms with Crippen LogP contribution in [-0.2, 0) is 42.6 Å². The molecule has 0 aromatic heterocycles. The van der Waals surface area contributed by atoms with Crippen molar-refractivity contribution in [2.24, 2.45) is 0 Å². The molecular weight excluding hydrogens is 324 g/mol. The lowest BCUT2D eigenvalue weighted by Crippen LogP contribution is -2.56. The van der Waals surface area contributed by atoms with Crippen molar-refractivity contribution in [3.05, 3.63) is 12.3 Å². The predicted octanol–water partition coefficient (Wildman–Crippen LogP) is 0.487. The molecule has 0 aliphatic carbocycles. The molecule has 1 aliphatic heterocycles. The molecule has 1 saturated heterocycles. The van der Waals surface area contributed by atoms with Gasteiger partial charge < -0.3 is 42.6 Å². The van der Waals surface area contributed by atoms with Gasteiger partial charge in [0.2, 0.25) is 0 Å². The van der Waals surface area contributed by atoms with Crippen molar-refractivity contribution >= 4 is 0 Å². The van der Waals surface area contributed by atoms with Gasteiger partial charge in [0, 0.05) is 28.4 Å². The first-order chi connectivity index (χ1) is 11.7. The maximum atomic E-state index is 5.81. The van der Waals surface area contributed by atoms with Crippen LogP contribution in [0.15, 0.2) is 12.3 Å². The Morgan fingerprint density at radius 1 is 0.792 bits per heavy atom. The van der Waals surface area contributed by atoms with Crippen molar-refractivity contribution in [1.29, 1.82) is 0 Å². The van der Waals surface area contributed by atoms with E-state index in [-0.39, 0.29) is 33.8 Å². The molecule has 0 spiro atoms. The summed E-state index contributed by atoms with van der Waals surface area (Å²) < 4.78 is 48.1. The van der Waals surface area contributed by atoms with Crippen LogP contribution in [0.25, 0.3) is 0 Å². The highest BCUT2D eigenvalue weighted by Gasteiger charge is 2.46. The van der Waals surface area contributed by atoms with E-state index in [9.17, 15) is 0 Å². The second-order valence-corrected chi connectivity index (χ2v) is 4.97. The Hall–Kier alpha value is -0.780. The van der Waals surface area contributed by atoms with Crippen LogP contribution >= 0.6 is 0 Å². The second-order valence-electron chi connectivity index (χ2n) is 4.97. The van der Waals surface area contributed by atoms with Gasteiger partial charge >= 0.3 is 0 Å². The summed E-state index contributed by atoms with van der Waals surface area (Å²) in [7, 11) is 6.13. The van der Waals surface area contributed by atoms with Crippen LogP contribution in [0.2, 0.25) is 0 Å². The van der Waals surface area contributed by atoms with Crippen LogP contribution < -0.4 is 0 Å². The predicted molar refractivity (Wildman–Crippen MR) is 82.1 cm³/mol. The van der Waals surface area contributed by atoms with E-state index < -0.39 is 24.4 Å². The maximum absolute atomic E-state index is 5.81. The van der Waals surface area contributed by atoms with E-state index in [1.54, 1.807) is 7.11 Å². The second kappa shape index (κ2) is 12.6. The van der Waals surface area contributed by atoms with Gasteiger partial charge in [-0.1, -0.05) is 6.58 Å². The summed E-state index contributed by atoms with van der Waals surface area (Å²) in [6, 6.07) is 0. The molecule has 0 aromatic rings. The molecule has 0 radical (unpaired) electrons. The van der Waals surface area contributed by atoms with E-state index in [4.69, 9.17) is 42.6 Å². The molecule has 4 atom stereocenters. The zero-order chi connectivity index (χ0) is 17.8. The van der Waals surface area contributed by atoms with Crippen molar-refractivity contribution in [2.45, 2.75) is 24.4 Å². The van der Waals surface area contributed by atoms with E-state index in [2.05, 4.69) is 6.58 Å². The largest absolute Gasteiger partial charge is 0.487 e. The molecule has 0 saturated carbocycles. The Morgan fingerprint density at radius 3 is 1.92 bits per heavy atom. The van der Waals surface area contributed by atoms with Gasteiger partial charge in [0.1, 0.15) is 51.2 Å². The zero-order valence-corrected chi connectivity index (χ0v) is 14.7. The molecule has 1 aliphatic rings.